The Kier molecular flexibility index (Phi) is 6.96. The molecule has 0 atom stereocenters. The Morgan fingerprint density at radius 2 is 1.59 bits per heavy atom. The van der Waals surface area contributed by atoms with E-state index in [-0.39, 0.29) is 4.90 Å². The van der Waals surface area contributed by atoms with Crippen LogP contribution in [0.2, 0.25) is 5.02 Å². The number of rotatable bonds is 6. The van der Waals surface area contributed by atoms with E-state index in [0.29, 0.717) is 23.1 Å². The standard InChI is InChI=1S/C24H24Cl2N2O3S/c1-27-14-12-19-4-7-22(16-20(19)13-15-27)28(26)32(29,30)24-10-2-18(3-11-24)17-31-23-8-5-21(25)6-9-23/h2-11,16H,12-15,17H2,1H3. The van der Waals surface area contributed by atoms with Gasteiger partial charge in [-0.25, -0.2) is 0 Å². The lowest BCUT2D eigenvalue weighted by Crippen LogP contribution is -2.21. The molecular weight excluding hydrogens is 467 g/mol. The Balaban J connectivity index is 1.47. The Morgan fingerprint density at radius 3 is 2.28 bits per heavy atom. The Bertz CT molecular complexity index is 1180. The van der Waals surface area contributed by atoms with Gasteiger partial charge < -0.3 is 9.64 Å². The van der Waals surface area contributed by atoms with Crippen LogP contribution in [-0.4, -0.2) is 33.5 Å². The first-order chi connectivity index (χ1) is 15.3. The maximum atomic E-state index is 13.1. The quantitative estimate of drug-likeness (QED) is 0.440. The number of nitrogens with zero attached hydrogens (tertiary/aromatic N) is 2. The molecule has 4 rings (SSSR count). The summed E-state index contributed by atoms with van der Waals surface area (Å²) in [7, 11) is -1.80. The molecule has 3 aromatic rings. The molecule has 0 amide bonds. The minimum Gasteiger partial charge on any atom is -0.489 e. The van der Waals surface area contributed by atoms with Crippen molar-refractivity contribution in [3.63, 3.8) is 0 Å². The van der Waals surface area contributed by atoms with Crippen LogP contribution in [0, 0.1) is 0 Å². The maximum Gasteiger partial charge on any atom is 0.278 e. The topological polar surface area (TPSA) is 49.9 Å². The number of ether oxygens (including phenoxy) is 1. The molecule has 0 radical (unpaired) electrons. The van der Waals surface area contributed by atoms with Crippen molar-refractivity contribution < 1.29 is 13.2 Å². The smallest absolute Gasteiger partial charge is 0.278 e. The largest absolute Gasteiger partial charge is 0.489 e. The van der Waals surface area contributed by atoms with Crippen molar-refractivity contribution in [3.8, 4) is 5.75 Å². The van der Waals surface area contributed by atoms with Gasteiger partial charge in [0.25, 0.3) is 10.0 Å². The lowest BCUT2D eigenvalue weighted by molar-refractivity contribution is 0.306. The summed E-state index contributed by atoms with van der Waals surface area (Å²) in [6, 6.07) is 19.2. The van der Waals surface area contributed by atoms with Crippen LogP contribution in [0.5, 0.6) is 5.75 Å². The van der Waals surface area contributed by atoms with Gasteiger partial charge in [0, 0.05) is 29.9 Å². The number of hydrogen-bond acceptors (Lipinski definition) is 4. The van der Waals surface area contributed by atoms with Gasteiger partial charge in [-0.2, -0.15) is 12.2 Å². The Labute approximate surface area is 199 Å². The van der Waals surface area contributed by atoms with E-state index in [9.17, 15) is 8.42 Å². The number of likely N-dealkylation sites (N-methyl/N-ethyl adjacent to an activating group) is 1. The van der Waals surface area contributed by atoms with Gasteiger partial charge in [-0.15, -0.1) is 0 Å². The summed E-state index contributed by atoms with van der Waals surface area (Å²) in [5.74, 6) is 0.687. The summed E-state index contributed by atoms with van der Waals surface area (Å²) in [5, 5.41) is 0.638. The molecule has 168 valence electrons. The molecule has 0 bridgehead atoms. The fraction of sp³-hybridized carbons (Fsp3) is 0.250. The predicted molar refractivity (Wildman–Crippen MR) is 129 cm³/mol. The van der Waals surface area contributed by atoms with E-state index < -0.39 is 10.0 Å². The molecule has 1 aliphatic rings. The minimum absolute atomic E-state index is 0.123. The summed E-state index contributed by atoms with van der Waals surface area (Å²) < 4.78 is 32.7. The van der Waals surface area contributed by atoms with Crippen LogP contribution in [0.3, 0.4) is 0 Å². The molecule has 1 aliphatic heterocycles. The summed E-state index contributed by atoms with van der Waals surface area (Å²) in [6.45, 7) is 2.24. The van der Waals surface area contributed by atoms with E-state index in [1.54, 1.807) is 54.6 Å². The third kappa shape index (κ3) is 5.21. The summed E-state index contributed by atoms with van der Waals surface area (Å²) in [5.41, 5.74) is 3.67. The molecule has 5 nitrogen and oxygen atoms in total. The lowest BCUT2D eigenvalue weighted by Gasteiger charge is -2.18. The minimum atomic E-state index is -3.89. The number of fused-ring (bicyclic) bond motifs is 1. The Morgan fingerprint density at radius 1 is 0.938 bits per heavy atom. The van der Waals surface area contributed by atoms with Crippen LogP contribution in [0.4, 0.5) is 5.69 Å². The third-order valence-electron chi connectivity index (χ3n) is 5.57. The van der Waals surface area contributed by atoms with Gasteiger partial charge in [0.2, 0.25) is 0 Å². The van der Waals surface area contributed by atoms with Crippen LogP contribution < -0.4 is 8.56 Å². The van der Waals surface area contributed by atoms with Crippen molar-refractivity contribution in [2.75, 3.05) is 24.0 Å². The second-order valence-corrected chi connectivity index (χ2v) is 10.6. The van der Waals surface area contributed by atoms with Crippen molar-refractivity contribution in [1.82, 2.24) is 4.90 Å². The van der Waals surface area contributed by atoms with Gasteiger partial charge in [0.15, 0.2) is 0 Å². The summed E-state index contributed by atoms with van der Waals surface area (Å²) >= 11 is 12.2. The zero-order chi connectivity index (χ0) is 22.7. The zero-order valence-electron chi connectivity index (χ0n) is 17.7. The molecule has 0 unspecified atom stereocenters. The molecule has 0 saturated carbocycles. The first-order valence-corrected chi connectivity index (χ1v) is 12.5. The van der Waals surface area contributed by atoms with Crippen LogP contribution in [-0.2, 0) is 29.5 Å². The van der Waals surface area contributed by atoms with Gasteiger partial charge in [0.1, 0.15) is 12.4 Å². The predicted octanol–water partition coefficient (Wildman–Crippen LogP) is 5.30. The highest BCUT2D eigenvalue weighted by Crippen LogP contribution is 2.29. The van der Waals surface area contributed by atoms with Crippen molar-refractivity contribution >= 4 is 39.1 Å². The van der Waals surface area contributed by atoms with Crippen molar-refractivity contribution in [2.24, 2.45) is 0 Å². The van der Waals surface area contributed by atoms with Gasteiger partial charge >= 0.3 is 0 Å². The molecule has 1 heterocycles. The van der Waals surface area contributed by atoms with Crippen molar-refractivity contribution in [2.45, 2.75) is 24.3 Å². The molecule has 0 fully saturated rings. The van der Waals surface area contributed by atoms with Crippen LogP contribution in [0.1, 0.15) is 16.7 Å². The maximum absolute atomic E-state index is 13.1. The number of anilines is 1. The molecule has 3 aromatic carbocycles. The average Bonchev–Trinajstić information content (AvgIpc) is 2.99. The average molecular weight is 491 g/mol. The highest BCUT2D eigenvalue weighted by molar-refractivity contribution is 7.94. The van der Waals surface area contributed by atoms with Crippen molar-refractivity contribution in [1.29, 1.82) is 0 Å². The number of hydrogen-bond donors (Lipinski definition) is 0. The summed E-state index contributed by atoms with van der Waals surface area (Å²) in [6.07, 6.45) is 1.81. The van der Waals surface area contributed by atoms with Gasteiger partial charge in [-0.3, -0.25) is 0 Å². The third-order valence-corrected chi connectivity index (χ3v) is 8.06. The van der Waals surface area contributed by atoms with E-state index in [4.69, 9.17) is 28.1 Å². The van der Waals surface area contributed by atoms with E-state index in [2.05, 4.69) is 11.9 Å². The Hall–Kier alpha value is -2.25. The van der Waals surface area contributed by atoms with E-state index in [0.717, 1.165) is 40.9 Å². The number of benzene rings is 3. The van der Waals surface area contributed by atoms with E-state index in [1.807, 2.05) is 12.1 Å². The number of halogens is 2. The summed E-state index contributed by atoms with van der Waals surface area (Å²) in [4.78, 5) is 2.39. The van der Waals surface area contributed by atoms with Crippen LogP contribution in [0.15, 0.2) is 71.6 Å². The highest BCUT2D eigenvalue weighted by atomic mass is 35.5. The molecule has 0 spiro atoms. The second kappa shape index (κ2) is 9.71. The van der Waals surface area contributed by atoms with Gasteiger partial charge in [-0.1, -0.05) is 29.8 Å². The van der Waals surface area contributed by atoms with E-state index in [1.165, 1.54) is 5.56 Å². The van der Waals surface area contributed by atoms with Crippen molar-refractivity contribution in [3.05, 3.63) is 88.4 Å². The normalized spacial score (nSPS) is 14.5. The van der Waals surface area contributed by atoms with E-state index >= 15 is 0 Å². The first-order valence-electron chi connectivity index (χ1n) is 10.3. The molecule has 8 heteroatoms. The van der Waals surface area contributed by atoms with Gasteiger partial charge in [0.05, 0.1) is 10.6 Å². The van der Waals surface area contributed by atoms with Gasteiger partial charge in [-0.05, 0) is 85.1 Å². The second-order valence-electron chi connectivity index (χ2n) is 7.86. The number of sulfonamides is 1. The molecule has 32 heavy (non-hydrogen) atoms. The molecule has 0 saturated heterocycles. The first kappa shape index (κ1) is 22.9. The molecular formula is C24H24Cl2N2O3S. The molecule has 0 aliphatic carbocycles. The molecule has 0 aromatic heterocycles. The lowest BCUT2D eigenvalue weighted by atomic mass is 10.0. The highest BCUT2D eigenvalue weighted by Gasteiger charge is 2.24. The van der Waals surface area contributed by atoms with Crippen LogP contribution in [0.25, 0.3) is 0 Å². The molecule has 0 N–H and O–H groups in total. The zero-order valence-corrected chi connectivity index (χ0v) is 20.0. The fourth-order valence-electron chi connectivity index (χ4n) is 3.62. The fourth-order valence-corrected chi connectivity index (χ4v) is 5.15. The monoisotopic (exact) mass is 490 g/mol. The van der Waals surface area contributed by atoms with Crippen LogP contribution >= 0.6 is 23.4 Å². The SMILES string of the molecule is CN1CCc2ccc(N(Cl)S(=O)(=O)c3ccc(COc4ccc(Cl)cc4)cc3)cc2CC1.